The highest BCUT2D eigenvalue weighted by molar-refractivity contribution is 5.98. The van der Waals surface area contributed by atoms with Crippen molar-refractivity contribution in [2.75, 3.05) is 11.4 Å². The van der Waals surface area contributed by atoms with Crippen LogP contribution in [0.2, 0.25) is 0 Å². The molecule has 3 heteroatoms. The van der Waals surface area contributed by atoms with Gasteiger partial charge in [-0.25, -0.2) is 0 Å². The van der Waals surface area contributed by atoms with Crippen molar-refractivity contribution in [3.05, 3.63) is 64.8 Å². The zero-order chi connectivity index (χ0) is 15.3. The second kappa shape index (κ2) is 5.86. The van der Waals surface area contributed by atoms with E-state index >= 15 is 0 Å². The normalized spacial score (nSPS) is 13.1. The Bertz CT molecular complexity index is 886. The molecule has 0 saturated carbocycles. The maximum Gasteiger partial charge on any atom is 0.0755 e. The fourth-order valence-electron chi connectivity index (χ4n) is 3.62. The molecule has 0 aliphatic carbocycles. The molecular weight excluding hydrogens is 304 g/mol. The van der Waals surface area contributed by atoms with Crippen molar-refractivity contribution < 1.29 is 0 Å². The van der Waals surface area contributed by atoms with E-state index in [1.807, 2.05) is 0 Å². The van der Waals surface area contributed by atoms with Crippen LogP contribution in [0.5, 0.6) is 0 Å². The van der Waals surface area contributed by atoms with Gasteiger partial charge in [0.2, 0.25) is 0 Å². The van der Waals surface area contributed by atoms with Crippen LogP contribution in [0.15, 0.2) is 42.5 Å². The first-order valence-electron chi connectivity index (χ1n) is 7.89. The number of anilines is 2. The zero-order valence-electron chi connectivity index (χ0n) is 13.8. The van der Waals surface area contributed by atoms with Gasteiger partial charge in [0.25, 0.3) is 0 Å². The van der Waals surface area contributed by atoms with Gasteiger partial charge >= 0.3 is 0 Å². The summed E-state index contributed by atoms with van der Waals surface area (Å²) in [7, 11) is 0. The fraction of sp³-hybridized carbons (Fsp3) is 0.250. The molecule has 2 heterocycles. The number of nitrogens with zero attached hydrogens (tertiary/aromatic N) is 2. The number of benzene rings is 2. The number of aryl methyl sites for hydroxylation is 3. The molecule has 1 aliphatic rings. The Morgan fingerprint density at radius 3 is 2.43 bits per heavy atom. The Labute approximate surface area is 143 Å². The van der Waals surface area contributed by atoms with Crippen molar-refractivity contribution >= 4 is 34.7 Å². The third kappa shape index (κ3) is 2.38. The standard InChI is InChI=1S/C20H20N2.ClH/c1-13-7-4-5-10-18(13)22-12-11-16-15(3)21-19-14(2)8-6-9-17(19)20(16)22;/h4-10H,11-12H2,1-3H3;1H. The van der Waals surface area contributed by atoms with Gasteiger partial charge in [-0.15, -0.1) is 12.4 Å². The molecule has 23 heavy (non-hydrogen) atoms. The molecule has 0 fully saturated rings. The topological polar surface area (TPSA) is 16.1 Å². The summed E-state index contributed by atoms with van der Waals surface area (Å²) in [6.45, 7) is 7.52. The van der Waals surface area contributed by atoms with Crippen LogP contribution in [0, 0.1) is 20.8 Å². The summed E-state index contributed by atoms with van der Waals surface area (Å²) in [5, 5.41) is 1.28. The van der Waals surface area contributed by atoms with Crippen LogP contribution in [0.4, 0.5) is 11.4 Å². The van der Waals surface area contributed by atoms with E-state index in [0.717, 1.165) is 18.5 Å². The fourth-order valence-corrected chi connectivity index (χ4v) is 3.62. The molecule has 0 amide bonds. The number of pyridine rings is 1. The van der Waals surface area contributed by atoms with E-state index in [2.05, 4.69) is 68.1 Å². The lowest BCUT2D eigenvalue weighted by atomic mass is 10.0. The van der Waals surface area contributed by atoms with Gasteiger partial charge in [-0.1, -0.05) is 36.4 Å². The average molecular weight is 325 g/mol. The number of rotatable bonds is 1. The van der Waals surface area contributed by atoms with E-state index < -0.39 is 0 Å². The number of halogens is 1. The minimum absolute atomic E-state index is 0. The van der Waals surface area contributed by atoms with Crippen molar-refractivity contribution in [1.29, 1.82) is 0 Å². The minimum atomic E-state index is 0. The van der Waals surface area contributed by atoms with Crippen LogP contribution in [-0.2, 0) is 6.42 Å². The first-order chi connectivity index (χ1) is 10.7. The predicted octanol–water partition coefficient (Wildman–Crippen LogP) is 5.28. The van der Waals surface area contributed by atoms with Crippen molar-refractivity contribution in [1.82, 2.24) is 4.98 Å². The van der Waals surface area contributed by atoms with Gasteiger partial charge in [0.15, 0.2) is 0 Å². The number of fused-ring (bicyclic) bond motifs is 3. The maximum absolute atomic E-state index is 4.87. The van der Waals surface area contributed by atoms with Crippen molar-refractivity contribution in [2.24, 2.45) is 0 Å². The van der Waals surface area contributed by atoms with Crippen molar-refractivity contribution in [3.8, 4) is 0 Å². The Hall–Kier alpha value is -2.06. The van der Waals surface area contributed by atoms with Crippen LogP contribution in [0.25, 0.3) is 10.9 Å². The lowest BCUT2D eigenvalue weighted by Crippen LogP contribution is -2.14. The molecule has 0 bridgehead atoms. The van der Waals surface area contributed by atoms with E-state index in [1.165, 1.54) is 39.1 Å². The molecule has 3 aromatic rings. The molecule has 0 atom stereocenters. The Morgan fingerprint density at radius 1 is 0.913 bits per heavy atom. The zero-order valence-corrected chi connectivity index (χ0v) is 14.6. The van der Waals surface area contributed by atoms with Gasteiger partial charge < -0.3 is 4.90 Å². The number of para-hydroxylation sites is 2. The molecule has 0 saturated heterocycles. The second-order valence-electron chi connectivity index (χ2n) is 6.18. The van der Waals surface area contributed by atoms with Crippen LogP contribution in [0.1, 0.15) is 22.4 Å². The van der Waals surface area contributed by atoms with Gasteiger partial charge in [-0.3, -0.25) is 4.98 Å². The molecule has 2 nitrogen and oxygen atoms in total. The number of aromatic nitrogens is 1. The molecule has 118 valence electrons. The number of hydrogen-bond acceptors (Lipinski definition) is 2. The van der Waals surface area contributed by atoms with E-state index in [1.54, 1.807) is 0 Å². The first kappa shape index (κ1) is 15.8. The van der Waals surface area contributed by atoms with Gasteiger partial charge in [0.05, 0.1) is 11.2 Å². The Kier molecular flexibility index (Phi) is 4.03. The SMILES string of the molecule is Cc1ccccc1N1CCc2c(C)nc3c(C)cccc3c21.Cl. The second-order valence-corrected chi connectivity index (χ2v) is 6.18. The predicted molar refractivity (Wildman–Crippen MR) is 100 cm³/mol. The highest BCUT2D eigenvalue weighted by atomic mass is 35.5. The minimum Gasteiger partial charge on any atom is -0.340 e. The third-order valence-electron chi connectivity index (χ3n) is 4.76. The van der Waals surface area contributed by atoms with Gasteiger partial charge in [0.1, 0.15) is 0 Å². The Balaban J connectivity index is 0.00000156. The maximum atomic E-state index is 4.87. The van der Waals surface area contributed by atoms with Crippen molar-refractivity contribution in [2.45, 2.75) is 27.2 Å². The quantitative estimate of drug-likeness (QED) is 0.605. The summed E-state index contributed by atoms with van der Waals surface area (Å²) in [5.74, 6) is 0. The van der Waals surface area contributed by atoms with Crippen LogP contribution in [-0.4, -0.2) is 11.5 Å². The molecule has 4 rings (SSSR count). The molecule has 0 N–H and O–H groups in total. The summed E-state index contributed by atoms with van der Waals surface area (Å²) in [6.07, 6.45) is 1.08. The smallest absolute Gasteiger partial charge is 0.0755 e. The first-order valence-corrected chi connectivity index (χ1v) is 7.89. The van der Waals surface area contributed by atoms with Gasteiger partial charge in [0, 0.05) is 23.3 Å². The summed E-state index contributed by atoms with van der Waals surface area (Å²) >= 11 is 0. The van der Waals surface area contributed by atoms with Gasteiger partial charge in [-0.05, 0) is 49.9 Å². The average Bonchev–Trinajstić information content (AvgIpc) is 2.95. The van der Waals surface area contributed by atoms with Crippen LogP contribution < -0.4 is 4.90 Å². The largest absolute Gasteiger partial charge is 0.340 e. The van der Waals surface area contributed by atoms with Crippen LogP contribution in [0.3, 0.4) is 0 Å². The highest BCUT2D eigenvalue weighted by Gasteiger charge is 2.26. The molecule has 1 aromatic heterocycles. The monoisotopic (exact) mass is 324 g/mol. The Morgan fingerprint density at radius 2 is 1.65 bits per heavy atom. The lowest BCUT2D eigenvalue weighted by Gasteiger charge is -2.23. The lowest BCUT2D eigenvalue weighted by molar-refractivity contribution is 0.984. The summed E-state index contributed by atoms with van der Waals surface area (Å²) < 4.78 is 0. The molecule has 2 aromatic carbocycles. The summed E-state index contributed by atoms with van der Waals surface area (Å²) in [5.41, 5.74) is 8.97. The van der Waals surface area contributed by atoms with E-state index in [-0.39, 0.29) is 12.4 Å². The molecular formula is C20H21ClN2. The van der Waals surface area contributed by atoms with Gasteiger partial charge in [-0.2, -0.15) is 0 Å². The third-order valence-corrected chi connectivity index (χ3v) is 4.76. The molecule has 0 unspecified atom stereocenters. The molecule has 0 radical (unpaired) electrons. The van der Waals surface area contributed by atoms with E-state index in [0.29, 0.717) is 0 Å². The van der Waals surface area contributed by atoms with E-state index in [9.17, 15) is 0 Å². The summed E-state index contributed by atoms with van der Waals surface area (Å²) in [6, 6.07) is 15.1. The molecule has 1 aliphatic heterocycles. The van der Waals surface area contributed by atoms with E-state index in [4.69, 9.17) is 4.98 Å². The number of hydrogen-bond donors (Lipinski definition) is 0. The summed E-state index contributed by atoms with van der Waals surface area (Å²) in [4.78, 5) is 7.34. The van der Waals surface area contributed by atoms with Crippen molar-refractivity contribution in [3.63, 3.8) is 0 Å². The highest BCUT2D eigenvalue weighted by Crippen LogP contribution is 2.42. The molecule has 0 spiro atoms. The van der Waals surface area contributed by atoms with Crippen LogP contribution >= 0.6 is 12.4 Å².